The fourth-order valence-corrected chi connectivity index (χ4v) is 1.38. The Labute approximate surface area is 89.4 Å². The molecule has 0 spiro atoms. The van der Waals surface area contributed by atoms with Crippen LogP contribution in [0.5, 0.6) is 0 Å². The largest absolute Gasteiger partial charge is 0.468 e. The molecular formula is C10H17N3O2. The van der Waals surface area contributed by atoms with Gasteiger partial charge < -0.3 is 14.6 Å². The number of likely N-dealkylation sites (N-methyl/N-ethyl adjacent to an activating group) is 1. The number of aryl methyl sites for hydroxylation is 1. The zero-order valence-electron chi connectivity index (χ0n) is 9.57. The van der Waals surface area contributed by atoms with E-state index in [2.05, 4.69) is 10.3 Å². The van der Waals surface area contributed by atoms with Crippen LogP contribution in [0.2, 0.25) is 0 Å². The van der Waals surface area contributed by atoms with Gasteiger partial charge in [0.2, 0.25) is 0 Å². The van der Waals surface area contributed by atoms with E-state index in [4.69, 9.17) is 4.74 Å². The van der Waals surface area contributed by atoms with Crippen LogP contribution in [-0.2, 0) is 16.1 Å². The highest BCUT2D eigenvalue weighted by Gasteiger charge is 2.33. The van der Waals surface area contributed by atoms with E-state index in [1.807, 2.05) is 17.7 Å². The predicted octanol–water partition coefficient (Wildman–Crippen LogP) is 0.343. The Bertz CT molecular complexity index is 348. The molecule has 5 nitrogen and oxygen atoms in total. The lowest BCUT2D eigenvalue weighted by molar-refractivity contribution is -0.148. The lowest BCUT2D eigenvalue weighted by atomic mass is 10.0. The molecule has 0 fully saturated rings. The summed E-state index contributed by atoms with van der Waals surface area (Å²) in [5.41, 5.74) is -0.722. The Hall–Kier alpha value is -1.36. The molecule has 5 heteroatoms. The highest BCUT2D eigenvalue weighted by atomic mass is 16.5. The van der Waals surface area contributed by atoms with E-state index < -0.39 is 5.54 Å². The molecule has 1 unspecified atom stereocenters. The number of imidazole rings is 1. The van der Waals surface area contributed by atoms with Gasteiger partial charge in [0.25, 0.3) is 0 Å². The van der Waals surface area contributed by atoms with E-state index in [0.29, 0.717) is 6.54 Å². The maximum absolute atomic E-state index is 11.6. The second kappa shape index (κ2) is 4.44. The molecule has 0 radical (unpaired) electrons. The van der Waals surface area contributed by atoms with Gasteiger partial charge in [-0.3, -0.25) is 0 Å². The van der Waals surface area contributed by atoms with Crippen LogP contribution < -0.4 is 5.32 Å². The maximum atomic E-state index is 11.6. The molecule has 1 N–H and O–H groups in total. The van der Waals surface area contributed by atoms with Gasteiger partial charge in [-0.15, -0.1) is 0 Å². The van der Waals surface area contributed by atoms with E-state index in [1.54, 1.807) is 20.2 Å². The van der Waals surface area contributed by atoms with Crippen LogP contribution in [0.4, 0.5) is 0 Å². The topological polar surface area (TPSA) is 56.2 Å². The van der Waals surface area contributed by atoms with Crippen molar-refractivity contribution in [2.45, 2.75) is 25.9 Å². The van der Waals surface area contributed by atoms with Crippen molar-refractivity contribution < 1.29 is 9.53 Å². The SMILES string of the molecule is CNC(C)(Cn1ccnc1C)C(=O)OC. The zero-order chi connectivity index (χ0) is 11.5. The van der Waals surface area contributed by atoms with Crippen molar-refractivity contribution in [2.24, 2.45) is 0 Å². The van der Waals surface area contributed by atoms with E-state index in [-0.39, 0.29) is 5.97 Å². The number of esters is 1. The lowest BCUT2D eigenvalue weighted by Crippen LogP contribution is -2.51. The van der Waals surface area contributed by atoms with E-state index in [9.17, 15) is 4.79 Å². The number of ether oxygens (including phenoxy) is 1. The summed E-state index contributed by atoms with van der Waals surface area (Å²) in [6.07, 6.45) is 3.55. The van der Waals surface area contributed by atoms with Gasteiger partial charge in [0, 0.05) is 12.4 Å². The van der Waals surface area contributed by atoms with Crippen molar-refractivity contribution in [3.05, 3.63) is 18.2 Å². The molecule has 0 aliphatic heterocycles. The molecule has 1 aromatic heterocycles. The van der Waals surface area contributed by atoms with Crippen molar-refractivity contribution in [3.8, 4) is 0 Å². The van der Waals surface area contributed by atoms with Gasteiger partial charge in [0.05, 0.1) is 13.7 Å². The molecule has 1 rings (SSSR count). The maximum Gasteiger partial charge on any atom is 0.327 e. The smallest absolute Gasteiger partial charge is 0.327 e. The molecule has 0 aromatic carbocycles. The number of methoxy groups -OCH3 is 1. The van der Waals surface area contributed by atoms with Gasteiger partial charge in [-0.25, -0.2) is 9.78 Å². The summed E-state index contributed by atoms with van der Waals surface area (Å²) in [7, 11) is 3.13. The number of aromatic nitrogens is 2. The molecule has 15 heavy (non-hydrogen) atoms. The van der Waals surface area contributed by atoms with Gasteiger partial charge in [0.1, 0.15) is 11.4 Å². The Kier molecular flexibility index (Phi) is 3.47. The third-order valence-electron chi connectivity index (χ3n) is 2.60. The van der Waals surface area contributed by atoms with E-state index in [0.717, 1.165) is 5.82 Å². The van der Waals surface area contributed by atoms with Crippen LogP contribution in [0.3, 0.4) is 0 Å². The van der Waals surface area contributed by atoms with E-state index >= 15 is 0 Å². The van der Waals surface area contributed by atoms with Gasteiger partial charge in [-0.2, -0.15) is 0 Å². The first-order valence-electron chi connectivity index (χ1n) is 4.78. The summed E-state index contributed by atoms with van der Waals surface area (Å²) in [6.45, 7) is 4.20. The average Bonchev–Trinajstić information content (AvgIpc) is 2.63. The highest BCUT2D eigenvalue weighted by molar-refractivity contribution is 5.80. The molecular weight excluding hydrogens is 194 g/mol. The minimum atomic E-state index is -0.722. The average molecular weight is 211 g/mol. The number of rotatable bonds is 4. The van der Waals surface area contributed by atoms with Crippen molar-refractivity contribution in [2.75, 3.05) is 14.2 Å². The van der Waals surface area contributed by atoms with Gasteiger partial charge in [0.15, 0.2) is 0 Å². The number of carbonyl (C=O) groups excluding carboxylic acids is 1. The molecule has 1 aromatic rings. The molecule has 0 aliphatic carbocycles. The predicted molar refractivity (Wildman–Crippen MR) is 56.4 cm³/mol. The summed E-state index contributed by atoms with van der Waals surface area (Å²) >= 11 is 0. The third kappa shape index (κ3) is 2.36. The van der Waals surface area contributed by atoms with Crippen LogP contribution in [0, 0.1) is 6.92 Å². The first-order chi connectivity index (χ1) is 7.03. The number of nitrogens with zero attached hydrogens (tertiary/aromatic N) is 2. The Morgan fingerprint density at radius 3 is 2.80 bits per heavy atom. The molecule has 0 saturated carbocycles. The first-order valence-corrected chi connectivity index (χ1v) is 4.78. The van der Waals surface area contributed by atoms with Crippen LogP contribution >= 0.6 is 0 Å². The number of hydrogen-bond acceptors (Lipinski definition) is 4. The Balaban J connectivity index is 2.86. The summed E-state index contributed by atoms with van der Waals surface area (Å²) in [6, 6.07) is 0. The lowest BCUT2D eigenvalue weighted by Gasteiger charge is -2.26. The van der Waals surface area contributed by atoms with Crippen LogP contribution in [-0.4, -0.2) is 35.2 Å². The molecule has 0 amide bonds. The van der Waals surface area contributed by atoms with Gasteiger partial charge in [-0.1, -0.05) is 0 Å². The minimum Gasteiger partial charge on any atom is -0.468 e. The fourth-order valence-electron chi connectivity index (χ4n) is 1.38. The van der Waals surface area contributed by atoms with Crippen molar-refractivity contribution in [3.63, 3.8) is 0 Å². The fraction of sp³-hybridized carbons (Fsp3) is 0.600. The molecule has 1 heterocycles. The monoisotopic (exact) mass is 211 g/mol. The van der Waals surface area contributed by atoms with Gasteiger partial charge in [-0.05, 0) is 20.9 Å². The molecule has 0 bridgehead atoms. The van der Waals surface area contributed by atoms with E-state index in [1.165, 1.54) is 7.11 Å². The molecule has 84 valence electrons. The van der Waals surface area contributed by atoms with Crippen LogP contribution in [0.1, 0.15) is 12.7 Å². The van der Waals surface area contributed by atoms with Crippen molar-refractivity contribution in [1.29, 1.82) is 0 Å². The minimum absolute atomic E-state index is 0.280. The van der Waals surface area contributed by atoms with Crippen molar-refractivity contribution in [1.82, 2.24) is 14.9 Å². The number of nitrogens with one attached hydrogen (secondary N) is 1. The first kappa shape index (κ1) is 11.7. The highest BCUT2D eigenvalue weighted by Crippen LogP contribution is 2.10. The molecule has 1 atom stereocenters. The number of hydrogen-bond donors (Lipinski definition) is 1. The second-order valence-electron chi connectivity index (χ2n) is 3.68. The Morgan fingerprint density at radius 1 is 1.73 bits per heavy atom. The van der Waals surface area contributed by atoms with Gasteiger partial charge >= 0.3 is 5.97 Å². The summed E-state index contributed by atoms with van der Waals surface area (Å²) in [5.74, 6) is 0.596. The van der Waals surface area contributed by atoms with Crippen LogP contribution in [0.15, 0.2) is 12.4 Å². The van der Waals surface area contributed by atoms with Crippen molar-refractivity contribution >= 4 is 5.97 Å². The standard InChI is InChI=1S/C10H17N3O2/c1-8-12-5-6-13(8)7-10(2,11-3)9(14)15-4/h5-6,11H,7H2,1-4H3. The normalized spacial score (nSPS) is 14.7. The molecule has 0 aliphatic rings. The zero-order valence-corrected chi connectivity index (χ0v) is 9.57. The van der Waals surface area contributed by atoms with Crippen LogP contribution in [0.25, 0.3) is 0 Å². The third-order valence-corrected chi connectivity index (χ3v) is 2.60. The summed E-state index contributed by atoms with van der Waals surface area (Å²) in [5, 5.41) is 2.97. The Morgan fingerprint density at radius 2 is 2.40 bits per heavy atom. The summed E-state index contributed by atoms with van der Waals surface area (Å²) in [4.78, 5) is 15.7. The summed E-state index contributed by atoms with van der Waals surface area (Å²) < 4.78 is 6.67. The molecule has 0 saturated heterocycles. The quantitative estimate of drug-likeness (QED) is 0.730. The number of carbonyl (C=O) groups is 1. The second-order valence-corrected chi connectivity index (χ2v) is 3.68.